The maximum Gasteiger partial charge on any atom is 0.185 e. The third-order valence-electron chi connectivity index (χ3n) is 1.93. The van der Waals surface area contributed by atoms with Gasteiger partial charge in [-0.25, -0.2) is 0 Å². The van der Waals surface area contributed by atoms with Gasteiger partial charge in [0.05, 0.1) is 5.02 Å². The highest BCUT2D eigenvalue weighted by molar-refractivity contribution is 8.13. The molecule has 1 rings (SSSR count). The monoisotopic (exact) mass is 266 g/mol. The summed E-state index contributed by atoms with van der Waals surface area (Å²) >= 11 is 7.11. The van der Waals surface area contributed by atoms with Crippen molar-refractivity contribution in [2.24, 2.45) is 0 Å². The van der Waals surface area contributed by atoms with E-state index in [1.54, 1.807) is 18.2 Å². The van der Waals surface area contributed by atoms with Gasteiger partial charge in [-0.05, 0) is 12.1 Å². The molecule has 4 heteroatoms. The molecule has 1 aromatic rings. The molecule has 88 valence electrons. The minimum Gasteiger partial charge on any atom is -0.298 e. The van der Waals surface area contributed by atoms with E-state index in [2.05, 4.69) is 11.8 Å². The maximum absolute atomic E-state index is 10.8. The molecule has 0 heterocycles. The van der Waals surface area contributed by atoms with Gasteiger partial charge in [0.1, 0.15) is 0 Å². The summed E-state index contributed by atoms with van der Waals surface area (Å²) < 4.78 is 0. The van der Waals surface area contributed by atoms with Gasteiger partial charge in [0.15, 0.2) is 11.4 Å². The van der Waals surface area contributed by atoms with Crippen LogP contribution in [0, 0.1) is 11.8 Å². The molecule has 0 aromatic heterocycles. The van der Waals surface area contributed by atoms with E-state index in [1.807, 2.05) is 0 Å². The predicted octanol–water partition coefficient (Wildman–Crippen LogP) is 3.17. The standard InChI is InChI=1S/C13H11ClO2S/c1-10(16)17-8-3-2-5-11-6-4-7-13(14)12(11)9-15/h4,6-7,9H,3,8H2,1H3. The Morgan fingerprint density at radius 2 is 2.29 bits per heavy atom. The van der Waals surface area contributed by atoms with E-state index in [4.69, 9.17) is 11.6 Å². The van der Waals surface area contributed by atoms with E-state index in [9.17, 15) is 9.59 Å². The van der Waals surface area contributed by atoms with Crippen LogP contribution in [0.15, 0.2) is 18.2 Å². The van der Waals surface area contributed by atoms with Crippen molar-refractivity contribution in [3.8, 4) is 11.8 Å². The molecule has 0 amide bonds. The van der Waals surface area contributed by atoms with Crippen LogP contribution in [0.3, 0.4) is 0 Å². The van der Waals surface area contributed by atoms with Crippen LogP contribution in [0.5, 0.6) is 0 Å². The molecule has 0 spiro atoms. The molecule has 0 fully saturated rings. The van der Waals surface area contributed by atoms with Crippen LogP contribution in [-0.2, 0) is 4.79 Å². The molecule has 0 aliphatic rings. The minimum atomic E-state index is 0.0862. The number of hydrogen-bond donors (Lipinski definition) is 0. The molecule has 2 nitrogen and oxygen atoms in total. The van der Waals surface area contributed by atoms with Gasteiger partial charge in [-0.15, -0.1) is 0 Å². The van der Waals surface area contributed by atoms with Crippen LogP contribution in [-0.4, -0.2) is 17.2 Å². The third-order valence-corrected chi connectivity index (χ3v) is 3.07. The second kappa shape index (κ2) is 7.16. The van der Waals surface area contributed by atoms with Gasteiger partial charge in [-0.1, -0.05) is 41.3 Å². The first-order valence-electron chi connectivity index (χ1n) is 5.01. The number of halogens is 1. The molecular weight excluding hydrogens is 256 g/mol. The zero-order chi connectivity index (χ0) is 12.7. The molecule has 0 atom stereocenters. The Labute approximate surface area is 110 Å². The van der Waals surface area contributed by atoms with Crippen molar-refractivity contribution < 1.29 is 9.59 Å². The number of rotatable bonds is 3. The fraction of sp³-hybridized carbons (Fsp3) is 0.231. The Morgan fingerprint density at radius 3 is 2.94 bits per heavy atom. The van der Waals surface area contributed by atoms with Gasteiger partial charge < -0.3 is 0 Å². The summed E-state index contributed by atoms with van der Waals surface area (Å²) in [7, 11) is 0. The average molecular weight is 267 g/mol. The average Bonchev–Trinajstić information content (AvgIpc) is 2.28. The Hall–Kier alpha value is -1.24. The first-order valence-corrected chi connectivity index (χ1v) is 6.37. The summed E-state index contributed by atoms with van der Waals surface area (Å²) in [6, 6.07) is 5.16. The van der Waals surface area contributed by atoms with Gasteiger partial charge >= 0.3 is 0 Å². The van der Waals surface area contributed by atoms with E-state index in [-0.39, 0.29) is 5.12 Å². The van der Waals surface area contributed by atoms with Crippen LogP contribution in [0.1, 0.15) is 29.3 Å². The fourth-order valence-electron chi connectivity index (χ4n) is 1.17. The van der Waals surface area contributed by atoms with Gasteiger partial charge in [0.2, 0.25) is 0 Å². The van der Waals surface area contributed by atoms with Gasteiger partial charge in [-0.2, -0.15) is 0 Å². The molecule has 0 aliphatic carbocycles. The van der Waals surface area contributed by atoms with Crippen molar-refractivity contribution in [3.05, 3.63) is 34.3 Å². The smallest absolute Gasteiger partial charge is 0.185 e. The Morgan fingerprint density at radius 1 is 1.53 bits per heavy atom. The van der Waals surface area contributed by atoms with E-state index in [0.29, 0.717) is 34.6 Å². The Kier molecular flexibility index (Phi) is 5.82. The van der Waals surface area contributed by atoms with Crippen LogP contribution in [0.25, 0.3) is 0 Å². The molecular formula is C13H11ClO2S. The number of thioether (sulfide) groups is 1. The summed E-state index contributed by atoms with van der Waals surface area (Å²) in [5, 5.41) is 0.494. The van der Waals surface area contributed by atoms with E-state index in [1.165, 1.54) is 18.7 Å². The van der Waals surface area contributed by atoms with E-state index < -0.39 is 0 Å². The second-order valence-electron chi connectivity index (χ2n) is 3.21. The van der Waals surface area contributed by atoms with Gasteiger partial charge in [0.25, 0.3) is 0 Å². The first-order chi connectivity index (χ1) is 8.15. The third kappa shape index (κ3) is 4.64. The minimum absolute atomic E-state index is 0.0862. The van der Waals surface area contributed by atoms with Gasteiger partial charge in [-0.3, -0.25) is 9.59 Å². The lowest BCUT2D eigenvalue weighted by Gasteiger charge is -1.98. The highest BCUT2D eigenvalue weighted by Crippen LogP contribution is 2.17. The fourth-order valence-corrected chi connectivity index (χ4v) is 1.88. The normalized spacial score (nSPS) is 9.29. The topological polar surface area (TPSA) is 34.1 Å². The molecule has 0 unspecified atom stereocenters. The lowest BCUT2D eigenvalue weighted by Crippen LogP contribution is -1.89. The van der Waals surface area contributed by atoms with Crippen molar-refractivity contribution in [3.63, 3.8) is 0 Å². The molecule has 1 aromatic carbocycles. The Bertz CT molecular complexity index is 486. The summed E-state index contributed by atoms with van der Waals surface area (Å²) in [6.07, 6.45) is 1.31. The van der Waals surface area contributed by atoms with Crippen molar-refractivity contribution >= 4 is 34.8 Å². The van der Waals surface area contributed by atoms with E-state index >= 15 is 0 Å². The molecule has 17 heavy (non-hydrogen) atoms. The van der Waals surface area contributed by atoms with Crippen LogP contribution in [0.4, 0.5) is 0 Å². The summed E-state index contributed by atoms with van der Waals surface area (Å²) in [5.74, 6) is 6.47. The van der Waals surface area contributed by atoms with E-state index in [0.717, 1.165) is 0 Å². The lowest BCUT2D eigenvalue weighted by molar-refractivity contribution is -0.109. The molecule has 0 aliphatic heterocycles. The van der Waals surface area contributed by atoms with Gasteiger partial charge in [0, 0.05) is 30.2 Å². The quantitative estimate of drug-likeness (QED) is 0.479. The predicted molar refractivity (Wildman–Crippen MR) is 71.5 cm³/mol. The molecule has 0 bridgehead atoms. The first kappa shape index (κ1) is 13.8. The molecule has 0 saturated carbocycles. The highest BCUT2D eigenvalue weighted by atomic mass is 35.5. The largest absolute Gasteiger partial charge is 0.298 e. The van der Waals surface area contributed by atoms with Crippen molar-refractivity contribution in [1.29, 1.82) is 0 Å². The SMILES string of the molecule is CC(=O)SCCC#Cc1cccc(Cl)c1C=O. The highest BCUT2D eigenvalue weighted by Gasteiger charge is 2.02. The number of carbonyl (C=O) groups is 2. The lowest BCUT2D eigenvalue weighted by atomic mass is 10.1. The number of carbonyl (C=O) groups excluding carboxylic acids is 2. The summed E-state index contributed by atoms with van der Waals surface area (Å²) in [6.45, 7) is 1.53. The van der Waals surface area contributed by atoms with Crippen LogP contribution >= 0.6 is 23.4 Å². The van der Waals surface area contributed by atoms with Crippen molar-refractivity contribution in [1.82, 2.24) is 0 Å². The van der Waals surface area contributed by atoms with Crippen molar-refractivity contribution in [2.75, 3.05) is 5.75 Å². The molecule has 0 radical (unpaired) electrons. The zero-order valence-electron chi connectivity index (χ0n) is 9.33. The number of hydrogen-bond acceptors (Lipinski definition) is 3. The van der Waals surface area contributed by atoms with Crippen molar-refractivity contribution in [2.45, 2.75) is 13.3 Å². The summed E-state index contributed by atoms with van der Waals surface area (Å²) in [5.41, 5.74) is 1.04. The number of benzene rings is 1. The van der Waals surface area contributed by atoms with Crippen LogP contribution < -0.4 is 0 Å². The molecule has 0 saturated heterocycles. The second-order valence-corrected chi connectivity index (χ2v) is 4.89. The zero-order valence-corrected chi connectivity index (χ0v) is 10.9. The van der Waals surface area contributed by atoms with Crippen LogP contribution in [0.2, 0.25) is 5.02 Å². The number of aldehydes is 1. The Balaban J connectivity index is 2.68. The summed E-state index contributed by atoms with van der Waals surface area (Å²) in [4.78, 5) is 21.5. The maximum atomic E-state index is 10.8. The molecule has 0 N–H and O–H groups in total.